The molecule has 86 valence electrons. The second-order valence-corrected chi connectivity index (χ2v) is 4.52. The van der Waals surface area contributed by atoms with E-state index in [1.807, 2.05) is 36.7 Å². The number of hydrogen-bond acceptors (Lipinski definition) is 1. The Hall–Kier alpha value is -1.68. The number of H-pyrrole nitrogens is 1. The van der Waals surface area contributed by atoms with Gasteiger partial charge in [0.1, 0.15) is 0 Å². The summed E-state index contributed by atoms with van der Waals surface area (Å²) in [6, 6.07) is 11.2. The summed E-state index contributed by atoms with van der Waals surface area (Å²) < 4.78 is 0.902. The number of aromatic nitrogens is 1. The van der Waals surface area contributed by atoms with Crippen LogP contribution >= 0.6 is 15.9 Å². The first-order valence-electron chi connectivity index (χ1n) is 5.24. The van der Waals surface area contributed by atoms with Crippen molar-refractivity contribution >= 4 is 21.8 Å². The molecule has 1 aromatic carbocycles. The van der Waals surface area contributed by atoms with Gasteiger partial charge < -0.3 is 5.32 Å². The summed E-state index contributed by atoms with van der Waals surface area (Å²) in [7, 11) is 0. The van der Waals surface area contributed by atoms with Crippen LogP contribution in [-0.4, -0.2) is 5.91 Å². The third-order valence-electron chi connectivity index (χ3n) is 2.33. The fourth-order valence-electron chi connectivity index (χ4n) is 1.45. The van der Waals surface area contributed by atoms with Crippen LogP contribution in [0.3, 0.4) is 0 Å². The van der Waals surface area contributed by atoms with Crippen molar-refractivity contribution in [1.29, 1.82) is 0 Å². The van der Waals surface area contributed by atoms with Crippen molar-refractivity contribution in [2.75, 3.05) is 0 Å². The number of carbonyl (C=O) groups excluding carboxylic acids is 1. The van der Waals surface area contributed by atoms with E-state index in [1.165, 1.54) is 0 Å². The maximum atomic E-state index is 11.8. The molecule has 1 amide bonds. The Morgan fingerprint density at radius 2 is 2.00 bits per heavy atom. The Morgan fingerprint density at radius 1 is 1.24 bits per heavy atom. The topological polar surface area (TPSA) is 43.2 Å². The number of benzene rings is 1. The average molecular weight is 292 g/mol. The molecule has 0 atom stereocenters. The first-order chi connectivity index (χ1) is 8.25. The van der Waals surface area contributed by atoms with E-state index in [1.54, 1.807) is 12.1 Å². The zero-order chi connectivity index (χ0) is 12.1. The molecule has 0 radical (unpaired) electrons. The number of aromatic amines is 1. The van der Waals surface area contributed by atoms with Gasteiger partial charge in [0.05, 0.1) is 0 Å². The summed E-state index contributed by atoms with van der Waals surface area (Å²) in [5.74, 6) is -0.0702. The zero-order valence-electron chi connectivity index (χ0n) is 9.11. The molecule has 0 aliphatic carbocycles. The minimum Gasteiger partial charge on any atom is -0.348 e. The number of nitrogens with one attached hydrogen (secondary N) is 2. The second kappa shape index (κ2) is 5.59. The lowest BCUT2D eigenvalue weighted by molar-refractivity contribution is -0.378. The van der Waals surface area contributed by atoms with Crippen LogP contribution < -0.4 is 10.3 Å². The molecule has 0 aliphatic rings. The van der Waals surface area contributed by atoms with Gasteiger partial charge in [0.2, 0.25) is 0 Å². The number of amides is 1. The van der Waals surface area contributed by atoms with Crippen molar-refractivity contribution in [3.63, 3.8) is 0 Å². The fourth-order valence-corrected chi connectivity index (χ4v) is 1.85. The molecule has 3 nitrogen and oxygen atoms in total. The fraction of sp³-hybridized carbons (Fsp3) is 0.0769. The predicted molar refractivity (Wildman–Crippen MR) is 68.3 cm³/mol. The largest absolute Gasteiger partial charge is 0.348 e. The Labute approximate surface area is 108 Å². The van der Waals surface area contributed by atoms with Gasteiger partial charge in [-0.3, -0.25) is 4.79 Å². The lowest BCUT2D eigenvalue weighted by Gasteiger charge is -2.04. The Balaban J connectivity index is 1.98. The highest BCUT2D eigenvalue weighted by Gasteiger charge is 2.05. The van der Waals surface area contributed by atoms with E-state index in [9.17, 15) is 4.79 Å². The maximum Gasteiger partial charge on any atom is 0.251 e. The quantitative estimate of drug-likeness (QED) is 0.926. The predicted octanol–water partition coefficient (Wildman–Crippen LogP) is 2.19. The first-order valence-corrected chi connectivity index (χ1v) is 6.04. The van der Waals surface area contributed by atoms with Crippen molar-refractivity contribution in [2.24, 2.45) is 0 Å². The molecule has 0 saturated heterocycles. The van der Waals surface area contributed by atoms with Crippen LogP contribution in [0.25, 0.3) is 0 Å². The maximum absolute atomic E-state index is 11.8. The summed E-state index contributed by atoms with van der Waals surface area (Å²) in [6.07, 6.45) is 3.67. The summed E-state index contributed by atoms with van der Waals surface area (Å²) in [4.78, 5) is 14.8. The molecule has 1 aromatic heterocycles. The molecule has 17 heavy (non-hydrogen) atoms. The highest BCUT2D eigenvalue weighted by molar-refractivity contribution is 9.10. The molecule has 4 heteroatoms. The zero-order valence-corrected chi connectivity index (χ0v) is 10.7. The summed E-state index contributed by atoms with van der Waals surface area (Å²) in [5, 5.41) is 2.87. The summed E-state index contributed by atoms with van der Waals surface area (Å²) in [5.41, 5.74) is 1.72. The van der Waals surface area contributed by atoms with Crippen LogP contribution in [0, 0.1) is 0 Å². The number of rotatable bonds is 3. The van der Waals surface area contributed by atoms with E-state index in [-0.39, 0.29) is 5.91 Å². The molecule has 0 spiro atoms. The van der Waals surface area contributed by atoms with Crippen molar-refractivity contribution in [3.05, 3.63) is 64.4 Å². The number of pyridine rings is 1. The third kappa shape index (κ3) is 3.39. The van der Waals surface area contributed by atoms with Crippen LogP contribution in [-0.2, 0) is 6.54 Å². The van der Waals surface area contributed by atoms with E-state index in [2.05, 4.69) is 26.2 Å². The molecule has 0 aliphatic heterocycles. The van der Waals surface area contributed by atoms with Crippen molar-refractivity contribution in [1.82, 2.24) is 5.32 Å². The lowest BCUT2D eigenvalue weighted by atomic mass is 10.2. The second-order valence-electron chi connectivity index (χ2n) is 3.60. The molecule has 0 unspecified atom stereocenters. The Bertz CT molecular complexity index is 514. The normalized spacial score (nSPS) is 9.94. The van der Waals surface area contributed by atoms with E-state index in [0.717, 1.165) is 10.0 Å². The Morgan fingerprint density at radius 3 is 2.71 bits per heavy atom. The van der Waals surface area contributed by atoms with Crippen LogP contribution in [0.15, 0.2) is 53.3 Å². The van der Waals surface area contributed by atoms with Gasteiger partial charge in [-0.1, -0.05) is 22.0 Å². The van der Waals surface area contributed by atoms with Gasteiger partial charge in [-0.15, -0.1) is 0 Å². The van der Waals surface area contributed by atoms with Crippen LogP contribution in [0.2, 0.25) is 0 Å². The molecule has 1 heterocycles. The molecule has 0 bridgehead atoms. The van der Waals surface area contributed by atoms with Crippen molar-refractivity contribution in [3.8, 4) is 0 Å². The van der Waals surface area contributed by atoms with Crippen LogP contribution in [0.5, 0.6) is 0 Å². The van der Waals surface area contributed by atoms with Crippen molar-refractivity contribution < 1.29 is 9.78 Å². The van der Waals surface area contributed by atoms with E-state index >= 15 is 0 Å². The summed E-state index contributed by atoms with van der Waals surface area (Å²) >= 11 is 3.34. The first kappa shape index (κ1) is 11.8. The van der Waals surface area contributed by atoms with Crippen molar-refractivity contribution in [2.45, 2.75) is 6.54 Å². The minimum absolute atomic E-state index is 0.0702. The van der Waals surface area contributed by atoms with E-state index in [0.29, 0.717) is 12.1 Å². The van der Waals surface area contributed by atoms with E-state index in [4.69, 9.17) is 0 Å². The smallest absolute Gasteiger partial charge is 0.251 e. The Kier molecular flexibility index (Phi) is 3.88. The highest BCUT2D eigenvalue weighted by atomic mass is 79.9. The van der Waals surface area contributed by atoms with E-state index < -0.39 is 0 Å². The van der Waals surface area contributed by atoms with Crippen LogP contribution in [0.4, 0.5) is 0 Å². The highest BCUT2D eigenvalue weighted by Crippen LogP contribution is 2.11. The standard InChI is InChI=1S/C13H11BrN2O/c14-12-3-1-2-11(8-12)13(17)16-9-10-4-6-15-7-5-10/h1-8H,9H2,(H,16,17)/p+1. The molecule has 2 aromatic rings. The molecule has 2 rings (SSSR count). The molecule has 0 fully saturated rings. The van der Waals surface area contributed by atoms with Gasteiger partial charge >= 0.3 is 0 Å². The monoisotopic (exact) mass is 291 g/mol. The van der Waals surface area contributed by atoms with Gasteiger partial charge in [-0.05, 0) is 23.8 Å². The van der Waals surface area contributed by atoms with Gasteiger partial charge in [-0.2, -0.15) is 0 Å². The lowest BCUT2D eigenvalue weighted by Crippen LogP contribution is -2.22. The summed E-state index contributed by atoms with van der Waals surface area (Å²) in [6.45, 7) is 0.528. The molecule has 2 N–H and O–H groups in total. The van der Waals surface area contributed by atoms with Gasteiger partial charge in [0.15, 0.2) is 12.4 Å². The molecule has 0 saturated carbocycles. The number of halogens is 1. The third-order valence-corrected chi connectivity index (χ3v) is 2.82. The van der Waals surface area contributed by atoms with Gasteiger partial charge in [0.25, 0.3) is 5.91 Å². The number of carbonyl (C=O) groups is 1. The van der Waals surface area contributed by atoms with Gasteiger partial charge in [0, 0.05) is 28.7 Å². The number of hydrogen-bond donors (Lipinski definition) is 1. The minimum atomic E-state index is -0.0702. The van der Waals surface area contributed by atoms with Gasteiger partial charge in [-0.25, -0.2) is 4.98 Å². The average Bonchev–Trinajstić information content (AvgIpc) is 2.37. The molecular weight excluding hydrogens is 280 g/mol. The molecular formula is C13H12BrN2O+. The SMILES string of the molecule is O=C(NCc1cc[nH+]cc1)c1cccc(Br)c1. The van der Waals surface area contributed by atoms with Crippen LogP contribution in [0.1, 0.15) is 15.9 Å².